The van der Waals surface area contributed by atoms with E-state index in [-0.39, 0.29) is 4.90 Å². The third kappa shape index (κ3) is 2.19. The van der Waals surface area contributed by atoms with E-state index in [1.54, 1.807) is 12.1 Å². The number of sulfonamides is 1. The van der Waals surface area contributed by atoms with E-state index in [2.05, 4.69) is 11.3 Å². The Balaban J connectivity index is 2.06. The van der Waals surface area contributed by atoms with E-state index in [0.717, 1.165) is 45.6 Å². The smallest absolute Gasteiger partial charge is 0.235 e. The van der Waals surface area contributed by atoms with Gasteiger partial charge in [0.2, 0.25) is 10.0 Å². The highest BCUT2D eigenvalue weighted by Gasteiger charge is 2.24. The Kier molecular flexibility index (Phi) is 3.10. The lowest BCUT2D eigenvalue weighted by atomic mass is 9.86. The number of primary sulfonamides is 1. The van der Waals surface area contributed by atoms with Crippen LogP contribution >= 0.6 is 11.5 Å². The Morgan fingerprint density at radius 2 is 2.00 bits per heavy atom. The molecule has 0 atom stereocenters. The monoisotopic (exact) mass is 345 g/mol. The summed E-state index contributed by atoms with van der Waals surface area (Å²) >= 11 is 1.38. The van der Waals surface area contributed by atoms with Gasteiger partial charge in [-0.05, 0) is 67.0 Å². The van der Waals surface area contributed by atoms with Gasteiger partial charge in [0, 0.05) is 10.9 Å². The summed E-state index contributed by atoms with van der Waals surface area (Å²) in [5, 5.41) is 6.40. The van der Waals surface area contributed by atoms with Crippen LogP contribution in [0.2, 0.25) is 0 Å². The molecule has 0 fully saturated rings. The Hall–Kier alpha value is -1.83. The van der Waals surface area contributed by atoms with Crippen LogP contribution in [0.15, 0.2) is 23.1 Å². The van der Waals surface area contributed by atoms with Crippen molar-refractivity contribution in [3.63, 3.8) is 0 Å². The van der Waals surface area contributed by atoms with Gasteiger partial charge in [0.25, 0.3) is 0 Å². The summed E-state index contributed by atoms with van der Waals surface area (Å²) in [7, 11) is -3.72. The third-order valence-electron chi connectivity index (χ3n) is 4.48. The first-order chi connectivity index (χ1) is 10.9. The molecule has 23 heavy (non-hydrogen) atoms. The zero-order chi connectivity index (χ0) is 16.4. The van der Waals surface area contributed by atoms with Crippen molar-refractivity contribution in [2.75, 3.05) is 0 Å². The molecule has 0 spiro atoms. The minimum Gasteiger partial charge on any atom is -0.235 e. The van der Waals surface area contributed by atoms with Crippen LogP contribution in [-0.2, 0) is 22.9 Å². The maximum Gasteiger partial charge on any atom is 0.238 e. The van der Waals surface area contributed by atoms with E-state index in [1.165, 1.54) is 22.7 Å². The van der Waals surface area contributed by atoms with Crippen LogP contribution in [-0.4, -0.2) is 17.8 Å². The van der Waals surface area contributed by atoms with Crippen LogP contribution in [0.5, 0.6) is 0 Å². The number of rotatable bonds is 1. The quantitative estimate of drug-likeness (QED) is 0.735. The van der Waals surface area contributed by atoms with Crippen molar-refractivity contribution < 1.29 is 8.42 Å². The second kappa shape index (κ2) is 4.83. The molecule has 2 aromatic heterocycles. The molecule has 4 rings (SSSR count). The molecular weight excluding hydrogens is 330 g/mol. The Bertz CT molecular complexity index is 1070. The van der Waals surface area contributed by atoms with Gasteiger partial charge in [-0.25, -0.2) is 18.5 Å². The summed E-state index contributed by atoms with van der Waals surface area (Å²) in [4.78, 5) is 5.81. The van der Waals surface area contributed by atoms with Gasteiger partial charge in [-0.15, -0.1) is 0 Å². The number of hydrogen-bond acceptors (Lipinski definition) is 5. The molecule has 0 amide bonds. The minimum atomic E-state index is -3.72. The van der Waals surface area contributed by atoms with Crippen molar-refractivity contribution >= 4 is 31.8 Å². The lowest BCUT2D eigenvalue weighted by Gasteiger charge is -2.21. The van der Waals surface area contributed by atoms with Crippen molar-refractivity contribution in [3.05, 3.63) is 40.6 Å². The van der Waals surface area contributed by atoms with Gasteiger partial charge in [-0.2, -0.15) is 4.37 Å². The molecule has 0 saturated heterocycles. The van der Waals surface area contributed by atoms with Crippen molar-refractivity contribution in [1.29, 1.82) is 0 Å². The van der Waals surface area contributed by atoms with Gasteiger partial charge in [-0.3, -0.25) is 0 Å². The van der Waals surface area contributed by atoms with Gasteiger partial charge < -0.3 is 0 Å². The number of hydrogen-bond donors (Lipinski definition) is 1. The molecule has 7 heteroatoms. The maximum atomic E-state index is 11.7. The molecule has 3 aromatic rings. The number of benzene rings is 1. The number of nitrogens with zero attached hydrogens (tertiary/aromatic N) is 2. The van der Waals surface area contributed by atoms with E-state index in [4.69, 9.17) is 10.1 Å². The van der Waals surface area contributed by atoms with Crippen molar-refractivity contribution in [3.8, 4) is 11.3 Å². The number of pyridine rings is 1. The summed E-state index contributed by atoms with van der Waals surface area (Å²) in [5.41, 5.74) is 6.22. The van der Waals surface area contributed by atoms with E-state index in [9.17, 15) is 8.42 Å². The van der Waals surface area contributed by atoms with Crippen molar-refractivity contribution in [2.24, 2.45) is 5.14 Å². The van der Waals surface area contributed by atoms with Gasteiger partial charge in [0.15, 0.2) is 0 Å². The van der Waals surface area contributed by atoms with Gasteiger partial charge in [0.1, 0.15) is 4.83 Å². The van der Waals surface area contributed by atoms with E-state index in [0.29, 0.717) is 0 Å². The van der Waals surface area contributed by atoms with Crippen LogP contribution < -0.4 is 5.14 Å². The highest BCUT2D eigenvalue weighted by molar-refractivity contribution is 7.89. The second-order valence-electron chi connectivity index (χ2n) is 5.88. The summed E-state index contributed by atoms with van der Waals surface area (Å²) in [5.74, 6) is 0. The van der Waals surface area contributed by atoms with Crippen LogP contribution in [0, 0.1) is 13.8 Å². The molecule has 5 nitrogen and oxygen atoms in total. The van der Waals surface area contributed by atoms with Crippen LogP contribution in [0.4, 0.5) is 0 Å². The minimum absolute atomic E-state index is 0.129. The van der Waals surface area contributed by atoms with Crippen molar-refractivity contribution in [2.45, 2.75) is 31.6 Å². The first kappa shape index (κ1) is 14.7. The largest absolute Gasteiger partial charge is 0.238 e. The fourth-order valence-electron chi connectivity index (χ4n) is 3.32. The first-order valence-corrected chi connectivity index (χ1v) is 9.60. The molecule has 0 bridgehead atoms. The summed E-state index contributed by atoms with van der Waals surface area (Å²) < 4.78 is 27.7. The Morgan fingerprint density at radius 1 is 1.22 bits per heavy atom. The molecule has 0 saturated carbocycles. The number of aryl methyl sites for hydroxylation is 3. The Morgan fingerprint density at radius 3 is 2.74 bits per heavy atom. The van der Waals surface area contributed by atoms with E-state index in [1.807, 2.05) is 13.0 Å². The predicted octanol–water partition coefficient (Wildman–Crippen LogP) is 2.72. The SMILES string of the molecule is Cc1nsc2nc3c(c(C)c12)CCc1ccc(S(N)(=O)=O)cc1-3. The van der Waals surface area contributed by atoms with Crippen molar-refractivity contribution in [1.82, 2.24) is 9.36 Å². The molecule has 2 heterocycles. The lowest BCUT2D eigenvalue weighted by molar-refractivity contribution is 0.598. The fourth-order valence-corrected chi connectivity index (χ4v) is 4.70. The number of fused-ring (bicyclic) bond motifs is 4. The number of aromatic nitrogens is 2. The highest BCUT2D eigenvalue weighted by Crippen LogP contribution is 2.39. The maximum absolute atomic E-state index is 11.7. The molecule has 1 aliphatic carbocycles. The fraction of sp³-hybridized carbons (Fsp3) is 0.250. The molecule has 1 aromatic carbocycles. The van der Waals surface area contributed by atoms with Crippen LogP contribution in [0.1, 0.15) is 22.4 Å². The second-order valence-corrected chi connectivity index (χ2v) is 8.19. The highest BCUT2D eigenvalue weighted by atomic mass is 32.2. The molecular formula is C16H15N3O2S2. The molecule has 0 radical (unpaired) electrons. The standard InChI is InChI=1S/C16H15N3O2S2/c1-8-12-6-4-10-3-5-11(23(17,20)21)7-13(10)15(12)18-16-14(8)9(2)19-22-16/h3,5,7H,4,6H2,1-2H3,(H2,17,20,21). The van der Waals surface area contributed by atoms with Crippen LogP contribution in [0.3, 0.4) is 0 Å². The van der Waals surface area contributed by atoms with Gasteiger partial charge in [0.05, 0.1) is 16.3 Å². The molecule has 118 valence electrons. The molecule has 2 N–H and O–H groups in total. The third-order valence-corrected chi connectivity index (χ3v) is 6.23. The summed E-state index contributed by atoms with van der Waals surface area (Å²) in [6.45, 7) is 4.09. The molecule has 1 aliphatic rings. The normalized spacial score (nSPS) is 13.9. The van der Waals surface area contributed by atoms with Crippen LogP contribution in [0.25, 0.3) is 21.5 Å². The molecule has 0 aliphatic heterocycles. The first-order valence-electron chi connectivity index (χ1n) is 7.28. The van der Waals surface area contributed by atoms with E-state index < -0.39 is 10.0 Å². The number of nitrogens with two attached hydrogens (primary N) is 1. The van der Waals surface area contributed by atoms with Gasteiger partial charge >= 0.3 is 0 Å². The Labute approximate surface area is 138 Å². The summed E-state index contributed by atoms with van der Waals surface area (Å²) in [6, 6.07) is 5.06. The zero-order valence-electron chi connectivity index (χ0n) is 12.8. The predicted molar refractivity (Wildman–Crippen MR) is 91.1 cm³/mol. The lowest BCUT2D eigenvalue weighted by Crippen LogP contribution is -2.14. The average Bonchev–Trinajstić information content (AvgIpc) is 2.87. The topological polar surface area (TPSA) is 85.9 Å². The zero-order valence-corrected chi connectivity index (χ0v) is 14.4. The molecule has 0 unspecified atom stereocenters. The van der Waals surface area contributed by atoms with E-state index >= 15 is 0 Å². The average molecular weight is 345 g/mol. The van der Waals surface area contributed by atoms with Gasteiger partial charge in [-0.1, -0.05) is 6.07 Å². The summed E-state index contributed by atoms with van der Waals surface area (Å²) in [6.07, 6.45) is 1.78.